The van der Waals surface area contributed by atoms with Gasteiger partial charge in [0.1, 0.15) is 0 Å². The summed E-state index contributed by atoms with van der Waals surface area (Å²) < 4.78 is 11.9. The molecule has 0 saturated carbocycles. The van der Waals surface area contributed by atoms with E-state index in [0.29, 0.717) is 24.1 Å². The molecule has 0 radical (unpaired) electrons. The Morgan fingerprint density at radius 3 is 2.54 bits per heavy atom. The maximum atomic E-state index is 12.4. The number of rotatable bonds is 7. The Balaban J connectivity index is 1.52. The van der Waals surface area contributed by atoms with Crippen LogP contribution in [0.1, 0.15) is 19.8 Å². The van der Waals surface area contributed by atoms with Gasteiger partial charge in [-0.15, -0.1) is 0 Å². The quantitative estimate of drug-likeness (QED) is 0.587. The first kappa shape index (κ1) is 19.4. The van der Waals surface area contributed by atoms with Crippen molar-refractivity contribution in [1.82, 2.24) is 4.57 Å². The fourth-order valence-electron chi connectivity index (χ4n) is 2.97. The van der Waals surface area contributed by atoms with Crippen molar-refractivity contribution in [2.75, 3.05) is 11.9 Å². The number of esters is 1. The molecule has 0 spiro atoms. The zero-order valence-electron chi connectivity index (χ0n) is 15.8. The van der Waals surface area contributed by atoms with E-state index in [9.17, 15) is 14.4 Å². The summed E-state index contributed by atoms with van der Waals surface area (Å²) in [5.41, 5.74) is 1.92. The van der Waals surface area contributed by atoms with E-state index in [4.69, 9.17) is 9.15 Å². The van der Waals surface area contributed by atoms with Gasteiger partial charge in [-0.3, -0.25) is 14.2 Å². The second kappa shape index (κ2) is 8.56. The smallest absolute Gasteiger partial charge is 0.419 e. The van der Waals surface area contributed by atoms with E-state index in [1.54, 1.807) is 44.3 Å². The molecule has 0 aliphatic carbocycles. The minimum absolute atomic E-state index is 0.0959. The van der Waals surface area contributed by atoms with Gasteiger partial charge < -0.3 is 14.1 Å². The topological polar surface area (TPSA) is 81.7 Å². The predicted octanol–water partition coefficient (Wildman–Crippen LogP) is 2.97. The van der Waals surface area contributed by atoms with Crippen molar-refractivity contribution in [1.29, 1.82) is 0 Å². The summed E-state index contributed by atoms with van der Waals surface area (Å²) in [7, 11) is 1.64. The van der Waals surface area contributed by atoms with Gasteiger partial charge in [-0.2, -0.15) is 0 Å². The summed E-state index contributed by atoms with van der Waals surface area (Å²) in [6.45, 7) is 1.88. The number of carbonyl (C=O) groups excluding carboxylic acids is 2. The number of ether oxygens (including phenoxy) is 1. The summed E-state index contributed by atoms with van der Waals surface area (Å²) >= 11 is 0. The molecular formula is C21H22N2O5. The SMILES string of the molecule is C[C@H](OC(=O)CCCn1c(=O)oc2ccccc21)C(=O)N(C)c1ccccc1. The van der Waals surface area contributed by atoms with Gasteiger partial charge in [0.15, 0.2) is 11.7 Å². The fraction of sp³-hybridized carbons (Fsp3) is 0.286. The number of amides is 1. The highest BCUT2D eigenvalue weighted by atomic mass is 16.5. The average molecular weight is 382 g/mol. The van der Waals surface area contributed by atoms with Crippen LogP contribution in [-0.2, 0) is 20.9 Å². The third kappa shape index (κ3) is 4.31. The van der Waals surface area contributed by atoms with Crippen LogP contribution in [0.2, 0.25) is 0 Å². The van der Waals surface area contributed by atoms with Crippen LogP contribution in [0.3, 0.4) is 0 Å². The van der Waals surface area contributed by atoms with Crippen LogP contribution in [0.4, 0.5) is 5.69 Å². The highest BCUT2D eigenvalue weighted by molar-refractivity contribution is 5.96. The molecule has 7 heteroatoms. The van der Waals surface area contributed by atoms with Crippen molar-refractivity contribution in [3.05, 3.63) is 65.1 Å². The Labute approximate surface area is 162 Å². The number of oxazole rings is 1. The number of carbonyl (C=O) groups is 2. The number of aromatic nitrogens is 1. The largest absolute Gasteiger partial charge is 0.453 e. The highest BCUT2D eigenvalue weighted by Gasteiger charge is 2.22. The zero-order chi connectivity index (χ0) is 20.1. The molecule has 1 amide bonds. The molecule has 28 heavy (non-hydrogen) atoms. The predicted molar refractivity (Wildman–Crippen MR) is 105 cm³/mol. The number of fused-ring (bicyclic) bond motifs is 1. The molecule has 7 nitrogen and oxygen atoms in total. The summed E-state index contributed by atoms with van der Waals surface area (Å²) in [6.07, 6.45) is -0.397. The molecule has 0 N–H and O–H groups in total. The Hall–Kier alpha value is -3.35. The van der Waals surface area contributed by atoms with Crippen LogP contribution in [0.5, 0.6) is 0 Å². The first-order valence-electron chi connectivity index (χ1n) is 9.08. The zero-order valence-corrected chi connectivity index (χ0v) is 15.8. The molecule has 0 aliphatic rings. The van der Waals surface area contributed by atoms with E-state index >= 15 is 0 Å². The number of hydrogen-bond donors (Lipinski definition) is 0. The summed E-state index contributed by atoms with van der Waals surface area (Å²) in [5, 5.41) is 0. The van der Waals surface area contributed by atoms with E-state index in [2.05, 4.69) is 0 Å². The van der Waals surface area contributed by atoms with E-state index < -0.39 is 17.8 Å². The lowest BCUT2D eigenvalue weighted by molar-refractivity contribution is -0.153. The molecule has 3 rings (SSSR count). The second-order valence-electron chi connectivity index (χ2n) is 6.46. The third-order valence-corrected chi connectivity index (χ3v) is 4.47. The van der Waals surface area contributed by atoms with Gasteiger partial charge >= 0.3 is 11.7 Å². The molecule has 2 aromatic carbocycles. The summed E-state index contributed by atoms with van der Waals surface area (Å²) in [6, 6.07) is 16.3. The number of aryl methyl sites for hydroxylation is 1. The van der Waals surface area contributed by atoms with Crippen LogP contribution in [0.15, 0.2) is 63.8 Å². The van der Waals surface area contributed by atoms with Crippen molar-refractivity contribution in [2.24, 2.45) is 0 Å². The van der Waals surface area contributed by atoms with Crippen molar-refractivity contribution in [3.63, 3.8) is 0 Å². The lowest BCUT2D eigenvalue weighted by atomic mass is 10.2. The van der Waals surface area contributed by atoms with Gasteiger partial charge in [-0.1, -0.05) is 30.3 Å². The van der Waals surface area contributed by atoms with Gasteiger partial charge in [-0.25, -0.2) is 4.79 Å². The van der Waals surface area contributed by atoms with Gasteiger partial charge in [-0.05, 0) is 37.6 Å². The number of para-hydroxylation sites is 3. The van der Waals surface area contributed by atoms with E-state index in [-0.39, 0.29) is 12.3 Å². The van der Waals surface area contributed by atoms with E-state index in [0.717, 1.165) is 5.69 Å². The Bertz CT molecular complexity index is 1020. The standard InChI is InChI=1S/C21H22N2O5/c1-15(20(25)22(2)16-9-4-3-5-10-16)27-19(24)13-8-14-23-17-11-6-7-12-18(17)28-21(23)26/h3-7,9-12,15H,8,13-14H2,1-2H3/t15-/m0/s1. The molecule has 0 aliphatic heterocycles. The third-order valence-electron chi connectivity index (χ3n) is 4.47. The Kier molecular flexibility index (Phi) is 5.93. The molecule has 1 aromatic heterocycles. The molecule has 1 heterocycles. The molecular weight excluding hydrogens is 360 g/mol. The molecule has 0 saturated heterocycles. The average Bonchev–Trinajstić information content (AvgIpc) is 3.02. The monoisotopic (exact) mass is 382 g/mol. The van der Waals surface area contributed by atoms with Crippen LogP contribution < -0.4 is 10.7 Å². The number of likely N-dealkylation sites (N-methyl/N-ethyl adjacent to an activating group) is 1. The van der Waals surface area contributed by atoms with Crippen LogP contribution >= 0.6 is 0 Å². The molecule has 0 fully saturated rings. The van der Waals surface area contributed by atoms with Crippen molar-refractivity contribution < 1.29 is 18.7 Å². The number of nitrogens with zero attached hydrogens (tertiary/aromatic N) is 2. The number of benzene rings is 2. The molecule has 0 unspecified atom stereocenters. The van der Waals surface area contributed by atoms with E-state index in [1.807, 2.05) is 24.3 Å². The van der Waals surface area contributed by atoms with Gasteiger partial charge in [0.2, 0.25) is 0 Å². The van der Waals surface area contributed by atoms with Crippen molar-refractivity contribution in [3.8, 4) is 0 Å². The van der Waals surface area contributed by atoms with Crippen LogP contribution in [-0.4, -0.2) is 29.6 Å². The number of hydrogen-bond acceptors (Lipinski definition) is 5. The summed E-state index contributed by atoms with van der Waals surface area (Å²) in [4.78, 5) is 37.9. The molecule has 146 valence electrons. The second-order valence-corrected chi connectivity index (χ2v) is 6.46. The first-order chi connectivity index (χ1) is 13.5. The number of anilines is 1. The van der Waals surface area contributed by atoms with Crippen molar-refractivity contribution >= 4 is 28.7 Å². The van der Waals surface area contributed by atoms with Gasteiger partial charge in [0, 0.05) is 25.7 Å². The fourth-order valence-corrected chi connectivity index (χ4v) is 2.97. The molecule has 0 bridgehead atoms. The maximum Gasteiger partial charge on any atom is 0.419 e. The Morgan fingerprint density at radius 2 is 1.79 bits per heavy atom. The highest BCUT2D eigenvalue weighted by Crippen LogP contribution is 2.14. The summed E-state index contributed by atoms with van der Waals surface area (Å²) in [5.74, 6) is -1.25. The van der Waals surface area contributed by atoms with Crippen molar-refractivity contribution in [2.45, 2.75) is 32.4 Å². The van der Waals surface area contributed by atoms with Crippen LogP contribution in [0, 0.1) is 0 Å². The minimum atomic E-state index is -0.893. The van der Waals surface area contributed by atoms with E-state index in [1.165, 1.54) is 9.47 Å². The normalized spacial score (nSPS) is 11.9. The van der Waals surface area contributed by atoms with Gasteiger partial charge in [0.25, 0.3) is 5.91 Å². The minimum Gasteiger partial charge on any atom is -0.453 e. The van der Waals surface area contributed by atoms with Crippen LogP contribution in [0.25, 0.3) is 11.1 Å². The Morgan fingerprint density at radius 1 is 1.11 bits per heavy atom. The molecule has 1 atom stereocenters. The lowest BCUT2D eigenvalue weighted by Crippen LogP contribution is -2.37. The van der Waals surface area contributed by atoms with Gasteiger partial charge in [0.05, 0.1) is 5.52 Å². The first-order valence-corrected chi connectivity index (χ1v) is 9.08. The molecule has 3 aromatic rings. The lowest BCUT2D eigenvalue weighted by Gasteiger charge is -2.21. The maximum absolute atomic E-state index is 12.4.